The molecule has 1 aliphatic heterocycles. The number of fused-ring (bicyclic) bond motifs is 1. The van der Waals surface area contributed by atoms with Gasteiger partial charge in [-0.2, -0.15) is 14.9 Å². The number of hydrogen-bond acceptors (Lipinski definition) is 6. The van der Waals surface area contributed by atoms with E-state index in [-0.39, 0.29) is 11.5 Å². The summed E-state index contributed by atoms with van der Waals surface area (Å²) in [5, 5.41) is 22.0. The maximum absolute atomic E-state index is 15.2. The van der Waals surface area contributed by atoms with Crippen LogP contribution in [0.25, 0.3) is 16.6 Å². The first-order valence-electron chi connectivity index (χ1n) is 9.95. The van der Waals surface area contributed by atoms with Crippen LogP contribution in [0.15, 0.2) is 41.7 Å². The number of rotatable bonds is 3. The SMILES string of the molecule is Cn1cnnc1C1CCN(c2c(C#N)ccc(F)c2-c2c[nH]c(=O)n3nccc23)CC1. The van der Waals surface area contributed by atoms with Gasteiger partial charge >= 0.3 is 5.69 Å². The van der Waals surface area contributed by atoms with Gasteiger partial charge in [-0.1, -0.05) is 0 Å². The number of nitriles is 1. The van der Waals surface area contributed by atoms with Gasteiger partial charge in [0.2, 0.25) is 0 Å². The Morgan fingerprint density at radius 1 is 1.26 bits per heavy atom. The van der Waals surface area contributed by atoms with E-state index in [1.54, 1.807) is 12.4 Å². The number of aromatic nitrogens is 6. The topological polar surface area (TPSA) is 108 Å². The van der Waals surface area contributed by atoms with Crippen LogP contribution < -0.4 is 10.6 Å². The normalized spacial score (nSPS) is 14.8. The van der Waals surface area contributed by atoms with Crippen molar-refractivity contribution in [2.75, 3.05) is 18.0 Å². The minimum absolute atomic E-state index is 0.251. The van der Waals surface area contributed by atoms with Gasteiger partial charge in [-0.25, -0.2) is 9.18 Å². The molecule has 0 spiro atoms. The molecule has 0 saturated carbocycles. The van der Waals surface area contributed by atoms with Crippen molar-refractivity contribution in [3.05, 3.63) is 64.6 Å². The summed E-state index contributed by atoms with van der Waals surface area (Å²) in [4.78, 5) is 16.7. The molecule has 4 heterocycles. The summed E-state index contributed by atoms with van der Waals surface area (Å²) in [6.07, 6.45) is 6.27. The van der Waals surface area contributed by atoms with E-state index >= 15 is 4.39 Å². The van der Waals surface area contributed by atoms with Gasteiger partial charge in [-0.15, -0.1) is 10.2 Å². The zero-order chi connectivity index (χ0) is 21.5. The number of halogens is 1. The summed E-state index contributed by atoms with van der Waals surface area (Å²) >= 11 is 0. The molecule has 0 atom stereocenters. The fraction of sp³-hybridized carbons (Fsp3) is 0.286. The third-order valence-corrected chi connectivity index (χ3v) is 5.89. The fourth-order valence-electron chi connectivity index (χ4n) is 4.40. The maximum Gasteiger partial charge on any atom is 0.346 e. The number of aryl methyl sites for hydroxylation is 1. The van der Waals surface area contributed by atoms with E-state index < -0.39 is 11.5 Å². The van der Waals surface area contributed by atoms with Gasteiger partial charge in [0.05, 0.1) is 23.0 Å². The minimum atomic E-state index is -0.459. The van der Waals surface area contributed by atoms with Gasteiger partial charge in [0, 0.05) is 43.4 Å². The van der Waals surface area contributed by atoms with Gasteiger partial charge in [0.25, 0.3) is 0 Å². The van der Waals surface area contributed by atoms with Crippen molar-refractivity contribution in [2.24, 2.45) is 7.05 Å². The van der Waals surface area contributed by atoms with Crippen molar-refractivity contribution in [3.63, 3.8) is 0 Å². The van der Waals surface area contributed by atoms with Crippen LogP contribution in [0.1, 0.15) is 30.1 Å². The van der Waals surface area contributed by atoms with Gasteiger partial charge < -0.3 is 14.5 Å². The van der Waals surface area contributed by atoms with E-state index in [1.807, 2.05) is 16.5 Å². The summed E-state index contributed by atoms with van der Waals surface area (Å²) in [5.74, 6) is 0.724. The van der Waals surface area contributed by atoms with Crippen LogP contribution in [0, 0.1) is 17.1 Å². The zero-order valence-corrected chi connectivity index (χ0v) is 16.8. The number of nitrogens with zero attached hydrogens (tertiary/aromatic N) is 7. The highest BCUT2D eigenvalue weighted by atomic mass is 19.1. The van der Waals surface area contributed by atoms with Crippen LogP contribution >= 0.6 is 0 Å². The molecule has 0 aliphatic carbocycles. The summed E-state index contributed by atoms with van der Waals surface area (Å²) in [5.41, 5.74) is 1.76. The number of benzene rings is 1. The molecule has 3 aromatic heterocycles. The smallest absolute Gasteiger partial charge is 0.346 e. The number of aromatic amines is 1. The predicted octanol–water partition coefficient (Wildman–Crippen LogP) is 2.21. The Morgan fingerprint density at radius 3 is 2.77 bits per heavy atom. The van der Waals surface area contributed by atoms with E-state index in [4.69, 9.17) is 0 Å². The Bertz CT molecular complexity index is 1370. The summed E-state index contributed by atoms with van der Waals surface area (Å²) < 4.78 is 18.3. The highest BCUT2D eigenvalue weighted by Crippen LogP contribution is 2.40. The predicted molar refractivity (Wildman–Crippen MR) is 111 cm³/mol. The van der Waals surface area contributed by atoms with Crippen LogP contribution in [-0.4, -0.2) is 42.5 Å². The molecule has 1 aromatic carbocycles. The highest BCUT2D eigenvalue weighted by Gasteiger charge is 2.29. The van der Waals surface area contributed by atoms with Crippen molar-refractivity contribution in [1.29, 1.82) is 5.26 Å². The molecule has 1 fully saturated rings. The van der Waals surface area contributed by atoms with Crippen molar-refractivity contribution in [1.82, 2.24) is 29.4 Å². The number of hydrogen-bond donors (Lipinski definition) is 1. The van der Waals surface area contributed by atoms with Crippen molar-refractivity contribution in [2.45, 2.75) is 18.8 Å². The fourth-order valence-corrected chi connectivity index (χ4v) is 4.40. The van der Waals surface area contributed by atoms with E-state index in [9.17, 15) is 10.1 Å². The van der Waals surface area contributed by atoms with Crippen molar-refractivity contribution in [3.8, 4) is 17.2 Å². The second-order valence-electron chi connectivity index (χ2n) is 7.63. The Labute approximate surface area is 176 Å². The molecule has 4 aromatic rings. The number of nitrogens with one attached hydrogen (secondary N) is 1. The maximum atomic E-state index is 15.2. The molecule has 0 bridgehead atoms. The number of piperidine rings is 1. The Balaban J connectivity index is 1.60. The molecule has 1 saturated heterocycles. The number of H-pyrrole nitrogens is 1. The van der Waals surface area contributed by atoms with Crippen LogP contribution in [0.5, 0.6) is 0 Å². The van der Waals surface area contributed by atoms with Crippen molar-refractivity contribution >= 4 is 11.2 Å². The Hall–Kier alpha value is -4.00. The molecular formula is C21H19FN8O. The average molecular weight is 418 g/mol. The van der Waals surface area contributed by atoms with Crippen LogP contribution in [0.4, 0.5) is 10.1 Å². The van der Waals surface area contributed by atoms with Gasteiger partial charge in [-0.05, 0) is 31.0 Å². The van der Waals surface area contributed by atoms with Crippen LogP contribution in [0.3, 0.4) is 0 Å². The van der Waals surface area contributed by atoms with Gasteiger partial charge in [0.1, 0.15) is 24.0 Å². The summed E-state index contributed by atoms with van der Waals surface area (Å²) in [6.45, 7) is 1.28. The standard InChI is InChI=1S/C21H19FN8O/c1-28-12-25-27-20(28)13-5-8-29(9-6-13)19-14(10-23)2-3-16(22)18(19)15-11-24-21(31)30-17(15)4-7-26-30/h2-4,7,11-13H,5-6,8-9H2,1H3,(H,24,31). The lowest BCUT2D eigenvalue weighted by atomic mass is 9.93. The zero-order valence-electron chi connectivity index (χ0n) is 16.8. The first-order chi connectivity index (χ1) is 15.1. The molecule has 0 radical (unpaired) electrons. The lowest BCUT2D eigenvalue weighted by Crippen LogP contribution is -2.34. The molecule has 0 amide bonds. The van der Waals surface area contributed by atoms with Gasteiger partial charge in [0.15, 0.2) is 0 Å². The van der Waals surface area contributed by atoms with Gasteiger partial charge in [-0.3, -0.25) is 0 Å². The largest absolute Gasteiger partial charge is 0.370 e. The second-order valence-corrected chi connectivity index (χ2v) is 7.63. The lowest BCUT2D eigenvalue weighted by molar-refractivity contribution is 0.474. The third-order valence-electron chi connectivity index (χ3n) is 5.89. The molecule has 0 unspecified atom stereocenters. The number of anilines is 1. The summed E-state index contributed by atoms with van der Waals surface area (Å²) in [7, 11) is 1.92. The second kappa shape index (κ2) is 7.36. The molecule has 9 nitrogen and oxygen atoms in total. The molecule has 5 rings (SSSR count). The van der Waals surface area contributed by atoms with E-state index in [0.717, 1.165) is 18.7 Å². The van der Waals surface area contributed by atoms with E-state index in [0.29, 0.717) is 35.4 Å². The molecule has 10 heteroatoms. The molecule has 1 N–H and O–H groups in total. The lowest BCUT2D eigenvalue weighted by Gasteiger charge is -2.35. The molecule has 31 heavy (non-hydrogen) atoms. The molecular weight excluding hydrogens is 399 g/mol. The Kier molecular flexibility index (Phi) is 4.51. The third kappa shape index (κ3) is 3.06. The molecule has 1 aliphatic rings. The van der Waals surface area contributed by atoms with E-state index in [2.05, 4.69) is 26.3 Å². The molecule has 156 valence electrons. The van der Waals surface area contributed by atoms with E-state index in [1.165, 1.54) is 29.0 Å². The van der Waals surface area contributed by atoms with Crippen LogP contribution in [0.2, 0.25) is 0 Å². The monoisotopic (exact) mass is 418 g/mol. The highest BCUT2D eigenvalue weighted by molar-refractivity contribution is 5.90. The first-order valence-corrected chi connectivity index (χ1v) is 9.95. The first kappa shape index (κ1) is 19.0. The van der Waals surface area contributed by atoms with Crippen molar-refractivity contribution < 1.29 is 4.39 Å². The van der Waals surface area contributed by atoms with Crippen LogP contribution in [-0.2, 0) is 7.05 Å². The summed E-state index contributed by atoms with van der Waals surface area (Å²) in [6, 6.07) is 6.66. The Morgan fingerprint density at radius 2 is 2.06 bits per heavy atom. The average Bonchev–Trinajstić information content (AvgIpc) is 3.44. The minimum Gasteiger partial charge on any atom is -0.370 e. The quantitative estimate of drug-likeness (QED) is 0.547.